The third kappa shape index (κ3) is 1.73. The van der Waals surface area contributed by atoms with E-state index in [-0.39, 0.29) is 11.9 Å². The molecule has 2 aromatic rings. The van der Waals surface area contributed by atoms with Crippen LogP contribution in [0.3, 0.4) is 0 Å². The normalized spacial score (nSPS) is 15.5. The van der Waals surface area contributed by atoms with Crippen LogP contribution in [0.5, 0.6) is 0 Å². The number of halogens is 1. The van der Waals surface area contributed by atoms with E-state index in [0.717, 1.165) is 5.39 Å². The van der Waals surface area contributed by atoms with E-state index < -0.39 is 6.10 Å². The predicted molar refractivity (Wildman–Crippen MR) is 56.9 cm³/mol. The van der Waals surface area contributed by atoms with E-state index in [1.165, 1.54) is 6.07 Å². The molecule has 1 aromatic heterocycles. The Kier molecular flexibility index (Phi) is 2.46. The van der Waals surface area contributed by atoms with E-state index in [9.17, 15) is 9.50 Å². The second kappa shape index (κ2) is 3.64. The van der Waals surface area contributed by atoms with Crippen LogP contribution in [0.2, 0.25) is 0 Å². The minimum Gasteiger partial charge on any atom is -0.385 e. The van der Waals surface area contributed by atoms with Crippen molar-refractivity contribution in [2.24, 2.45) is 5.73 Å². The number of aromatic nitrogens is 1. The fourth-order valence-electron chi connectivity index (χ4n) is 1.58. The highest BCUT2D eigenvalue weighted by Gasteiger charge is 2.15. The molecule has 0 aliphatic heterocycles. The Labute approximate surface area is 86.7 Å². The molecule has 2 rings (SSSR count). The summed E-state index contributed by atoms with van der Waals surface area (Å²) in [5.41, 5.74) is 6.52. The van der Waals surface area contributed by atoms with E-state index in [2.05, 4.69) is 4.98 Å². The Morgan fingerprint density at radius 1 is 1.47 bits per heavy atom. The summed E-state index contributed by atoms with van der Waals surface area (Å²) in [6.45, 7) is 1.70. The number of H-pyrrole nitrogens is 1. The fourth-order valence-corrected chi connectivity index (χ4v) is 1.58. The Bertz CT molecular complexity index is 478. The van der Waals surface area contributed by atoms with Gasteiger partial charge in [-0.15, -0.1) is 0 Å². The van der Waals surface area contributed by atoms with Gasteiger partial charge in [-0.1, -0.05) is 12.1 Å². The van der Waals surface area contributed by atoms with E-state index in [4.69, 9.17) is 5.73 Å². The summed E-state index contributed by atoms with van der Waals surface area (Å²) in [4.78, 5) is 2.84. The van der Waals surface area contributed by atoms with Crippen LogP contribution < -0.4 is 5.73 Å². The van der Waals surface area contributed by atoms with Crippen LogP contribution in [0.25, 0.3) is 10.9 Å². The van der Waals surface area contributed by atoms with Crippen molar-refractivity contribution in [1.82, 2.24) is 4.98 Å². The van der Waals surface area contributed by atoms with Gasteiger partial charge in [-0.3, -0.25) is 0 Å². The Morgan fingerprint density at radius 3 is 2.80 bits per heavy atom. The quantitative estimate of drug-likeness (QED) is 0.703. The van der Waals surface area contributed by atoms with Crippen LogP contribution in [0.4, 0.5) is 4.39 Å². The summed E-state index contributed by atoms with van der Waals surface area (Å²) in [6, 6.07) is 6.12. The molecule has 0 aliphatic rings. The molecule has 0 bridgehead atoms. The molecule has 0 saturated heterocycles. The molecular formula is C11H13FN2O. The lowest BCUT2D eigenvalue weighted by Gasteiger charge is -2.11. The molecule has 2 atom stereocenters. The number of aliphatic hydroxyl groups excluding tert-OH is 1. The number of nitrogens with one attached hydrogen (secondary N) is 1. The number of fused-ring (bicyclic) bond motifs is 1. The number of hydrogen-bond donors (Lipinski definition) is 3. The van der Waals surface area contributed by atoms with E-state index >= 15 is 0 Å². The lowest BCUT2D eigenvalue weighted by atomic mass is 10.1. The molecule has 0 saturated carbocycles. The first-order valence-corrected chi connectivity index (χ1v) is 4.80. The first kappa shape index (κ1) is 10.1. The molecule has 0 spiro atoms. The second-order valence-electron chi connectivity index (χ2n) is 3.73. The fraction of sp³-hybridized carbons (Fsp3) is 0.273. The van der Waals surface area contributed by atoms with Gasteiger partial charge in [-0.25, -0.2) is 4.39 Å². The molecule has 4 heteroatoms. The number of rotatable bonds is 2. The largest absolute Gasteiger partial charge is 0.385 e. The Balaban J connectivity index is 2.52. The number of benzene rings is 1. The summed E-state index contributed by atoms with van der Waals surface area (Å²) in [5, 5.41) is 10.5. The highest BCUT2D eigenvalue weighted by molar-refractivity contribution is 5.81. The van der Waals surface area contributed by atoms with Gasteiger partial charge in [0, 0.05) is 17.1 Å². The second-order valence-corrected chi connectivity index (χ2v) is 3.73. The van der Waals surface area contributed by atoms with Crippen molar-refractivity contribution in [1.29, 1.82) is 0 Å². The maximum absolute atomic E-state index is 13.3. The van der Waals surface area contributed by atoms with Gasteiger partial charge in [0.1, 0.15) is 11.9 Å². The summed E-state index contributed by atoms with van der Waals surface area (Å²) in [6.07, 6.45) is -0.795. The van der Waals surface area contributed by atoms with Crippen LogP contribution in [0, 0.1) is 5.82 Å². The molecule has 1 heterocycles. The summed E-state index contributed by atoms with van der Waals surface area (Å²) in [5.74, 6) is -0.323. The summed E-state index contributed by atoms with van der Waals surface area (Å²) < 4.78 is 13.3. The van der Waals surface area contributed by atoms with Gasteiger partial charge in [0.05, 0.1) is 5.52 Å². The van der Waals surface area contributed by atoms with Crippen LogP contribution in [0.15, 0.2) is 24.3 Å². The maximum atomic E-state index is 13.3. The molecule has 0 fully saturated rings. The minimum absolute atomic E-state index is 0.323. The molecular weight excluding hydrogens is 195 g/mol. The van der Waals surface area contributed by atoms with Gasteiger partial charge in [-0.05, 0) is 19.1 Å². The van der Waals surface area contributed by atoms with E-state index in [1.807, 2.05) is 0 Å². The topological polar surface area (TPSA) is 62.0 Å². The number of aromatic amines is 1. The van der Waals surface area contributed by atoms with Gasteiger partial charge >= 0.3 is 0 Å². The summed E-state index contributed by atoms with van der Waals surface area (Å²) in [7, 11) is 0. The zero-order valence-electron chi connectivity index (χ0n) is 8.37. The molecule has 1 aromatic carbocycles. The molecule has 3 nitrogen and oxygen atoms in total. The molecule has 0 radical (unpaired) electrons. The number of nitrogens with two attached hydrogens (primary N) is 1. The highest BCUT2D eigenvalue weighted by Crippen LogP contribution is 2.23. The monoisotopic (exact) mass is 208 g/mol. The smallest absolute Gasteiger partial charge is 0.147 e. The lowest BCUT2D eigenvalue weighted by Crippen LogP contribution is -2.24. The summed E-state index contributed by atoms with van der Waals surface area (Å²) >= 11 is 0. The predicted octanol–water partition coefficient (Wildman–Crippen LogP) is 1.69. The zero-order valence-corrected chi connectivity index (χ0v) is 8.37. The van der Waals surface area contributed by atoms with Crippen LogP contribution in [-0.4, -0.2) is 16.1 Å². The third-order valence-electron chi connectivity index (χ3n) is 2.44. The molecule has 2 unspecified atom stereocenters. The molecule has 0 amide bonds. The van der Waals surface area contributed by atoms with Crippen molar-refractivity contribution in [3.05, 3.63) is 35.8 Å². The maximum Gasteiger partial charge on any atom is 0.147 e. The van der Waals surface area contributed by atoms with Crippen molar-refractivity contribution in [3.63, 3.8) is 0 Å². The van der Waals surface area contributed by atoms with Crippen LogP contribution >= 0.6 is 0 Å². The van der Waals surface area contributed by atoms with Gasteiger partial charge in [-0.2, -0.15) is 0 Å². The van der Waals surface area contributed by atoms with Crippen molar-refractivity contribution in [2.75, 3.05) is 0 Å². The van der Waals surface area contributed by atoms with Gasteiger partial charge in [0.15, 0.2) is 0 Å². The molecule has 4 N–H and O–H groups in total. The standard InChI is InChI=1S/C11H13FN2O/c1-6(13)11(15)9-5-7-3-2-4-8(12)10(7)14-9/h2-6,11,14-15H,13H2,1H3. The van der Waals surface area contributed by atoms with Crippen LogP contribution in [-0.2, 0) is 0 Å². The van der Waals surface area contributed by atoms with Crippen molar-refractivity contribution in [2.45, 2.75) is 19.1 Å². The minimum atomic E-state index is -0.795. The van der Waals surface area contributed by atoms with Crippen molar-refractivity contribution >= 4 is 10.9 Å². The SMILES string of the molecule is CC(N)C(O)c1cc2cccc(F)c2[nH]1. The first-order chi connectivity index (χ1) is 7.09. The highest BCUT2D eigenvalue weighted by atomic mass is 19.1. The van der Waals surface area contributed by atoms with E-state index in [0.29, 0.717) is 11.2 Å². The van der Waals surface area contributed by atoms with Crippen molar-refractivity contribution < 1.29 is 9.50 Å². The van der Waals surface area contributed by atoms with Crippen molar-refractivity contribution in [3.8, 4) is 0 Å². The number of para-hydroxylation sites is 1. The Hall–Kier alpha value is -1.39. The van der Waals surface area contributed by atoms with Crippen LogP contribution in [0.1, 0.15) is 18.7 Å². The number of aliphatic hydroxyl groups is 1. The first-order valence-electron chi connectivity index (χ1n) is 4.80. The lowest BCUT2D eigenvalue weighted by molar-refractivity contribution is 0.149. The zero-order chi connectivity index (χ0) is 11.0. The average molecular weight is 208 g/mol. The average Bonchev–Trinajstić information content (AvgIpc) is 2.61. The third-order valence-corrected chi connectivity index (χ3v) is 2.44. The molecule has 80 valence electrons. The molecule has 0 aliphatic carbocycles. The number of hydrogen-bond acceptors (Lipinski definition) is 2. The van der Waals surface area contributed by atoms with Gasteiger partial charge < -0.3 is 15.8 Å². The Morgan fingerprint density at radius 2 is 2.20 bits per heavy atom. The van der Waals surface area contributed by atoms with E-state index in [1.54, 1.807) is 25.1 Å². The molecule has 15 heavy (non-hydrogen) atoms. The van der Waals surface area contributed by atoms with Gasteiger partial charge in [0.2, 0.25) is 0 Å². The van der Waals surface area contributed by atoms with Gasteiger partial charge in [0.25, 0.3) is 0 Å².